The number of anilines is 2. The zero-order chi connectivity index (χ0) is 47.0. The van der Waals surface area contributed by atoms with Gasteiger partial charge in [0.15, 0.2) is 17.5 Å². The molecule has 0 radical (unpaired) electrons. The second-order valence-electron chi connectivity index (χ2n) is 17.3. The van der Waals surface area contributed by atoms with E-state index in [-0.39, 0.29) is 69.7 Å². The number of amides is 3. The molecule has 3 amide bonds. The summed E-state index contributed by atoms with van der Waals surface area (Å²) in [5.41, 5.74) is -0.400. The van der Waals surface area contributed by atoms with Crippen molar-refractivity contribution in [2.24, 2.45) is 24.8 Å². The highest BCUT2D eigenvalue weighted by Crippen LogP contribution is 2.63. The molecule has 312 valence electrons. The molecule has 16 heteroatoms. The summed E-state index contributed by atoms with van der Waals surface area (Å²) >= 11 is 6.83. The number of carboxylic acids is 1. The largest absolute Gasteiger partial charge is 0.481 e. The van der Waals surface area contributed by atoms with E-state index in [1.807, 2.05) is 0 Å². The number of carbonyl (C=O) groups excluding carboxylic acids is 3. The van der Waals surface area contributed by atoms with Gasteiger partial charge in [-0.1, -0.05) is 35.9 Å². The van der Waals surface area contributed by atoms with Gasteiger partial charge < -0.3 is 34.5 Å². The van der Waals surface area contributed by atoms with Gasteiger partial charge in [-0.3, -0.25) is 19.3 Å². The van der Waals surface area contributed by atoms with Crippen molar-refractivity contribution in [3.63, 3.8) is 0 Å². The molecule has 0 atom stereocenters. The van der Waals surface area contributed by atoms with Gasteiger partial charge in [-0.25, -0.2) is 19.2 Å². The second kappa shape index (κ2) is 15.1. The number of carboxylic acid groups (broad SMARTS) is 1. The summed E-state index contributed by atoms with van der Waals surface area (Å²) in [7, 11) is 0. The summed E-state index contributed by atoms with van der Waals surface area (Å²) in [5.74, 6) is -4.38. The van der Waals surface area contributed by atoms with Crippen molar-refractivity contribution in [2.75, 3.05) is 30.3 Å². The molecule has 4 aromatic rings. The molecular weight excluding hydrogens is 779 g/mol. The van der Waals surface area contributed by atoms with Crippen LogP contribution in [0, 0.1) is 16.6 Å². The van der Waals surface area contributed by atoms with Crippen LogP contribution in [0.3, 0.4) is 0 Å². The molecule has 4 heterocycles. The van der Waals surface area contributed by atoms with Gasteiger partial charge in [0.25, 0.3) is 11.8 Å². The van der Waals surface area contributed by atoms with E-state index in [2.05, 4.69) is 25.5 Å². The lowest BCUT2D eigenvalue weighted by atomic mass is 9.80. The molecule has 4 aliphatic rings. The Bertz CT molecular complexity index is 2600. The number of aliphatic carboxylic acids is 1. The minimum atomic E-state index is -2.84. The number of ether oxygens (including phenoxy) is 1. The lowest BCUT2D eigenvalue weighted by molar-refractivity contribution is -0.148. The van der Waals surface area contributed by atoms with E-state index in [4.69, 9.17) is 24.6 Å². The number of hydrogen-bond acceptors (Lipinski definition) is 8. The van der Waals surface area contributed by atoms with Crippen molar-refractivity contribution >= 4 is 46.9 Å². The van der Waals surface area contributed by atoms with Crippen LogP contribution in [0.25, 0.3) is 11.1 Å². The smallest absolute Gasteiger partial charge is 0.410 e. The van der Waals surface area contributed by atoms with Crippen LogP contribution < -0.4 is 10.6 Å². The fraction of sp³-hybridized carbons (Fsp3) is 0.488. The first-order valence-electron chi connectivity index (χ1n) is 22.7. The molecule has 59 heavy (non-hydrogen) atoms. The van der Waals surface area contributed by atoms with E-state index in [9.17, 15) is 24.3 Å². The van der Waals surface area contributed by atoms with Gasteiger partial charge in [-0.15, -0.1) is 0 Å². The number of nitrogens with one attached hydrogen (secondary N) is 2. The zero-order valence-corrected chi connectivity index (χ0v) is 33.8. The predicted molar refractivity (Wildman–Crippen MR) is 219 cm³/mol. The average molecular weight is 835 g/mol. The Morgan fingerprint density at radius 1 is 0.881 bits per heavy atom. The number of carbonyl (C=O) groups is 4. The highest BCUT2D eigenvalue weighted by atomic mass is 35.5. The summed E-state index contributed by atoms with van der Waals surface area (Å²) in [6.07, 6.45) is 4.40. The van der Waals surface area contributed by atoms with E-state index in [0.717, 1.165) is 28.4 Å². The third-order valence-electron chi connectivity index (χ3n) is 12.3. The average Bonchev–Trinajstić information content (AvgIpc) is 4.00. The minimum absolute atomic E-state index is 0.0185. The zero-order valence-electron chi connectivity index (χ0n) is 39.1. The summed E-state index contributed by atoms with van der Waals surface area (Å²) in [4.78, 5) is 64.9. The SMILES string of the molecule is [2H]C([2H])([2H])n1c(C(=O)Nc2cccc(-c3cccc(NC(=O)c4nc5c(n4C([2H])([2H])[2H])CCN(CCC46CCC(C(=O)O)(CC4)C6)C5)c3Cl)c2F)nc2c1CCN(C(=O)OC(C)(C)C)C2. The van der Waals surface area contributed by atoms with Crippen LogP contribution in [0.1, 0.15) is 112 Å². The number of aromatic nitrogens is 4. The van der Waals surface area contributed by atoms with E-state index in [0.29, 0.717) is 56.7 Å². The number of rotatable bonds is 9. The fourth-order valence-electron chi connectivity index (χ4n) is 9.18. The van der Waals surface area contributed by atoms with Crippen molar-refractivity contribution in [1.29, 1.82) is 0 Å². The first-order valence-corrected chi connectivity index (χ1v) is 20.1. The highest BCUT2D eigenvalue weighted by Gasteiger charge is 2.57. The van der Waals surface area contributed by atoms with Crippen LogP contribution in [0.15, 0.2) is 36.4 Å². The Morgan fingerprint density at radius 2 is 1.47 bits per heavy atom. The van der Waals surface area contributed by atoms with Gasteiger partial charge in [0.05, 0.1) is 39.7 Å². The molecule has 2 aliphatic heterocycles. The van der Waals surface area contributed by atoms with Gasteiger partial charge in [-0.05, 0) is 83.4 Å². The van der Waals surface area contributed by atoms with E-state index >= 15 is 4.39 Å². The Morgan fingerprint density at radius 3 is 2.08 bits per heavy atom. The summed E-state index contributed by atoms with van der Waals surface area (Å²) in [6, 6.07) is 8.57. The Hall–Kier alpha value is -5.28. The topological polar surface area (TPSA) is 164 Å². The molecule has 0 saturated heterocycles. The molecule has 2 aromatic heterocycles. The highest BCUT2D eigenvalue weighted by molar-refractivity contribution is 6.36. The molecule has 2 bridgehead atoms. The Balaban J connectivity index is 0.994. The van der Waals surface area contributed by atoms with E-state index in [1.54, 1.807) is 20.8 Å². The standard InChI is InChI=1S/C43H50ClFN8O6/c1-41(2,3)59-40(58)53-20-13-32-30(23-53)47-36(51(32)5)38(55)49-28-11-7-9-26(34(28)45)25-8-6-10-27(33(25)44)48-37(54)35-46-29-22-52(19-12-31(29)50(35)4)21-18-42-14-16-43(24-42,17-15-42)39(56)57/h6-11H,12-24H2,1-5H3,(H,48,54)(H,49,55)(H,56,57)/i4D3,5D3. The van der Waals surface area contributed by atoms with Crippen molar-refractivity contribution in [1.82, 2.24) is 28.9 Å². The summed E-state index contributed by atoms with van der Waals surface area (Å²) in [5, 5.41) is 14.8. The number of halogens is 2. The minimum Gasteiger partial charge on any atom is -0.481 e. The van der Waals surface area contributed by atoms with Crippen molar-refractivity contribution < 1.29 is 41.6 Å². The van der Waals surface area contributed by atoms with Crippen molar-refractivity contribution in [2.45, 2.75) is 90.8 Å². The fourth-order valence-corrected chi connectivity index (χ4v) is 9.46. The van der Waals surface area contributed by atoms with Gasteiger partial charge in [0, 0.05) is 77.2 Å². The van der Waals surface area contributed by atoms with E-state index in [1.165, 1.54) is 41.3 Å². The number of imidazole rings is 2. The van der Waals surface area contributed by atoms with Gasteiger partial charge in [0.2, 0.25) is 0 Å². The summed E-state index contributed by atoms with van der Waals surface area (Å²) < 4.78 is 73.2. The molecule has 2 fully saturated rings. The van der Waals surface area contributed by atoms with Gasteiger partial charge in [0.1, 0.15) is 5.60 Å². The number of nitrogens with zero attached hydrogens (tertiary/aromatic N) is 6. The van der Waals surface area contributed by atoms with Gasteiger partial charge >= 0.3 is 12.1 Å². The quantitative estimate of drug-likeness (QED) is 0.158. The van der Waals surface area contributed by atoms with Crippen LogP contribution in [0.2, 0.25) is 5.02 Å². The molecule has 0 spiro atoms. The van der Waals surface area contributed by atoms with Crippen LogP contribution in [-0.2, 0) is 49.4 Å². The normalized spacial score (nSPS) is 23.2. The third-order valence-corrected chi connectivity index (χ3v) is 12.8. The summed E-state index contributed by atoms with van der Waals surface area (Å²) in [6.45, 7) is 1.10. The molecule has 3 N–H and O–H groups in total. The van der Waals surface area contributed by atoms with Crippen LogP contribution in [-0.4, -0.2) is 83.1 Å². The maximum Gasteiger partial charge on any atom is 0.410 e. The first kappa shape index (κ1) is 33.5. The molecule has 2 aliphatic carbocycles. The Labute approximate surface area is 355 Å². The molecular formula is C43H50ClFN8O6. The maximum absolute atomic E-state index is 16.4. The lowest BCUT2D eigenvalue weighted by Crippen LogP contribution is -2.40. The predicted octanol–water partition coefficient (Wildman–Crippen LogP) is 7.19. The maximum atomic E-state index is 16.4. The van der Waals surface area contributed by atoms with E-state index < -0.39 is 60.5 Å². The number of fused-ring (bicyclic) bond motifs is 4. The molecule has 8 rings (SSSR count). The molecule has 2 aromatic carbocycles. The monoisotopic (exact) mass is 834 g/mol. The molecule has 2 saturated carbocycles. The van der Waals surface area contributed by atoms with Crippen molar-refractivity contribution in [3.05, 3.63) is 81.7 Å². The molecule has 14 nitrogen and oxygen atoms in total. The second-order valence-corrected chi connectivity index (χ2v) is 17.6. The molecule has 0 unspecified atom stereocenters. The van der Waals surface area contributed by atoms with Crippen LogP contribution >= 0.6 is 11.6 Å². The first-order chi connectivity index (χ1) is 30.4. The number of hydrogen-bond donors (Lipinski definition) is 3. The van der Waals surface area contributed by atoms with Crippen LogP contribution in [0.4, 0.5) is 20.6 Å². The number of benzene rings is 2. The third kappa shape index (κ3) is 7.58. The van der Waals surface area contributed by atoms with Crippen molar-refractivity contribution in [3.8, 4) is 11.1 Å². The van der Waals surface area contributed by atoms with Crippen LogP contribution in [0.5, 0.6) is 0 Å². The lowest BCUT2D eigenvalue weighted by Gasteiger charge is -2.32. The van der Waals surface area contributed by atoms with Gasteiger partial charge in [-0.2, -0.15) is 0 Å². The Kier molecular flexibility index (Phi) is 8.57.